The van der Waals surface area contributed by atoms with Crippen molar-refractivity contribution in [2.45, 2.75) is 0 Å². The van der Waals surface area contributed by atoms with Gasteiger partial charge in [0.05, 0.1) is 11.0 Å². The Morgan fingerprint density at radius 2 is 0.783 bits per heavy atom. The first kappa shape index (κ1) is 32.9. The first-order chi connectivity index (χ1) is 29.7. The molecule has 0 N–H and O–H groups in total. The second-order valence-electron chi connectivity index (χ2n) is 15.8. The van der Waals surface area contributed by atoms with Crippen LogP contribution in [0.5, 0.6) is 0 Å². The Kier molecular flexibility index (Phi) is 6.98. The minimum absolute atomic E-state index is 0.871. The maximum absolute atomic E-state index is 6.44. The van der Waals surface area contributed by atoms with Crippen molar-refractivity contribution in [3.05, 3.63) is 212 Å². The van der Waals surface area contributed by atoms with Crippen molar-refractivity contribution in [3.8, 4) is 17.1 Å². The Bertz CT molecular complexity index is 3950. The molecular formula is C56H35N3O. The Morgan fingerprint density at radius 1 is 0.250 bits per heavy atom. The van der Waals surface area contributed by atoms with Crippen LogP contribution in [0.2, 0.25) is 0 Å². The van der Waals surface area contributed by atoms with E-state index in [1.54, 1.807) is 0 Å². The molecule has 0 spiro atoms. The number of benzene rings is 10. The van der Waals surface area contributed by atoms with Crippen molar-refractivity contribution in [3.63, 3.8) is 0 Å². The molecule has 3 heterocycles. The minimum Gasteiger partial charge on any atom is -0.456 e. The molecule has 0 saturated heterocycles. The monoisotopic (exact) mass is 765 g/mol. The molecule has 0 aliphatic heterocycles. The third-order valence-corrected chi connectivity index (χ3v) is 12.4. The van der Waals surface area contributed by atoms with Gasteiger partial charge in [0.15, 0.2) is 0 Å². The highest BCUT2D eigenvalue weighted by Gasteiger charge is 2.15. The smallest absolute Gasteiger partial charge is 0.137 e. The molecule has 10 aromatic carbocycles. The highest BCUT2D eigenvalue weighted by Crippen LogP contribution is 2.36. The van der Waals surface area contributed by atoms with Gasteiger partial charge in [0.1, 0.15) is 11.2 Å². The topological polar surface area (TPSA) is 27.9 Å². The predicted molar refractivity (Wildman–Crippen MR) is 252 cm³/mol. The summed E-state index contributed by atoms with van der Waals surface area (Å²) in [6, 6.07) is 77.4. The van der Waals surface area contributed by atoms with Gasteiger partial charge in [-0.15, -0.1) is 0 Å². The zero-order valence-electron chi connectivity index (χ0n) is 32.5. The molecule has 0 amide bonds. The van der Waals surface area contributed by atoms with Crippen LogP contribution in [0.15, 0.2) is 217 Å². The molecule has 0 saturated carbocycles. The van der Waals surface area contributed by atoms with E-state index in [-0.39, 0.29) is 0 Å². The van der Waals surface area contributed by atoms with Crippen LogP contribution in [0.1, 0.15) is 0 Å². The van der Waals surface area contributed by atoms with Crippen molar-refractivity contribution in [1.29, 1.82) is 0 Å². The van der Waals surface area contributed by atoms with E-state index >= 15 is 0 Å². The number of rotatable bonds is 3. The molecular weight excluding hydrogens is 731 g/mol. The summed E-state index contributed by atoms with van der Waals surface area (Å²) in [7, 11) is 0. The van der Waals surface area contributed by atoms with E-state index < -0.39 is 0 Å². The van der Waals surface area contributed by atoms with E-state index in [0.29, 0.717) is 0 Å². The van der Waals surface area contributed by atoms with Gasteiger partial charge in [-0.1, -0.05) is 109 Å². The number of para-hydroxylation sites is 3. The lowest BCUT2D eigenvalue weighted by Gasteiger charge is -2.16. The van der Waals surface area contributed by atoms with Crippen molar-refractivity contribution in [2.75, 3.05) is 0 Å². The number of furan rings is 1. The van der Waals surface area contributed by atoms with Crippen molar-refractivity contribution in [2.24, 2.45) is 0 Å². The molecule has 0 atom stereocenters. The van der Waals surface area contributed by atoms with Gasteiger partial charge in [-0.3, -0.25) is 0 Å². The fourth-order valence-corrected chi connectivity index (χ4v) is 9.65. The second-order valence-corrected chi connectivity index (χ2v) is 15.8. The second kappa shape index (κ2) is 12.7. The van der Waals surface area contributed by atoms with E-state index in [1.807, 2.05) is 12.1 Å². The van der Waals surface area contributed by atoms with Crippen LogP contribution in [0.25, 0.3) is 115 Å². The molecule has 0 radical (unpaired) electrons. The molecule has 60 heavy (non-hydrogen) atoms. The zero-order valence-corrected chi connectivity index (χ0v) is 32.5. The molecule has 3 aromatic heterocycles. The SMILES string of the molecule is c1ccc(-n2c3ccccc3c3ccc(-n4c5cccc(c5)c5cccc(c5)n(-c5ccc6c(c5)oc5ccccc56)c5ccc6ccc7ccc4cc7c6c5)cc32)cc1. The van der Waals surface area contributed by atoms with E-state index in [2.05, 4.69) is 214 Å². The van der Waals surface area contributed by atoms with Gasteiger partial charge in [0.2, 0.25) is 0 Å². The highest BCUT2D eigenvalue weighted by atomic mass is 16.3. The lowest BCUT2D eigenvalue weighted by atomic mass is 10.0. The molecule has 4 heteroatoms. The van der Waals surface area contributed by atoms with Gasteiger partial charge in [-0.2, -0.15) is 0 Å². The van der Waals surface area contributed by atoms with Crippen LogP contribution in [0, 0.1) is 0 Å². The van der Waals surface area contributed by atoms with Crippen molar-refractivity contribution >= 4 is 98.1 Å². The molecule has 13 aromatic rings. The van der Waals surface area contributed by atoms with Gasteiger partial charge in [0.25, 0.3) is 0 Å². The maximum atomic E-state index is 6.44. The Labute approximate surface area is 344 Å². The van der Waals surface area contributed by atoms with Crippen LogP contribution >= 0.6 is 0 Å². The number of hydrogen-bond donors (Lipinski definition) is 0. The summed E-state index contributed by atoms with van der Waals surface area (Å²) in [5.41, 5.74) is 11.7. The van der Waals surface area contributed by atoms with E-state index in [0.717, 1.165) is 71.8 Å². The summed E-state index contributed by atoms with van der Waals surface area (Å²) < 4.78 is 13.6. The molecule has 0 aliphatic carbocycles. The van der Waals surface area contributed by atoms with Crippen LogP contribution in [-0.2, 0) is 0 Å². The summed E-state index contributed by atoms with van der Waals surface area (Å²) >= 11 is 0. The number of hydrogen-bond acceptors (Lipinski definition) is 1. The average Bonchev–Trinajstić information content (AvgIpc) is 3.84. The maximum Gasteiger partial charge on any atom is 0.137 e. The van der Waals surface area contributed by atoms with Crippen LogP contribution in [0.3, 0.4) is 0 Å². The Morgan fingerprint density at radius 3 is 1.48 bits per heavy atom. The standard InChI is InChI=1S/C56H35N3O/c1-2-12-40(13-3-1)59-53-18-6-4-16-47(53)48-28-26-45(34-54(48)59)57-41-14-8-10-38(30-41)39-11-9-15-42(31-39)58(46-27-29-50-49-17-5-7-19-55(49)60-56(50)35-46)44-25-23-37-21-20-36-22-24-43(57)32-51(36)52(37)33-44/h1-35H. The van der Waals surface area contributed by atoms with Crippen molar-refractivity contribution < 1.29 is 4.42 Å². The van der Waals surface area contributed by atoms with Crippen molar-refractivity contribution in [1.82, 2.24) is 13.7 Å². The number of aromatic nitrogens is 3. The van der Waals surface area contributed by atoms with Crippen LogP contribution in [0.4, 0.5) is 0 Å². The number of fused-ring (bicyclic) bond motifs is 13. The molecule has 0 fully saturated rings. The third kappa shape index (κ3) is 4.98. The summed E-state index contributed by atoms with van der Waals surface area (Å²) in [5, 5.41) is 11.8. The lowest BCUT2D eigenvalue weighted by Crippen LogP contribution is -1.99. The first-order valence-electron chi connectivity index (χ1n) is 20.5. The Hall–Kier alpha value is -8.08. The van der Waals surface area contributed by atoms with Crippen LogP contribution in [-0.4, -0.2) is 13.7 Å². The summed E-state index contributed by atoms with van der Waals surface area (Å²) in [6.45, 7) is 0. The minimum atomic E-state index is 0.871. The summed E-state index contributed by atoms with van der Waals surface area (Å²) in [5.74, 6) is 0. The van der Waals surface area contributed by atoms with Gasteiger partial charge in [0, 0.05) is 66.7 Å². The average molecular weight is 766 g/mol. The fourth-order valence-electron chi connectivity index (χ4n) is 9.65. The fraction of sp³-hybridized carbons (Fsp3) is 0. The molecule has 0 unspecified atom stereocenters. The third-order valence-electron chi connectivity index (χ3n) is 12.4. The quantitative estimate of drug-likeness (QED) is 0.165. The molecule has 8 bridgehead atoms. The molecule has 13 rings (SSSR count). The van der Waals surface area contributed by atoms with Gasteiger partial charge < -0.3 is 18.1 Å². The number of nitrogens with zero attached hydrogens (tertiary/aromatic N) is 3. The van der Waals surface area contributed by atoms with Gasteiger partial charge in [-0.25, -0.2) is 0 Å². The normalized spacial score (nSPS) is 12.0. The first-order valence-corrected chi connectivity index (χ1v) is 20.5. The molecule has 4 nitrogen and oxygen atoms in total. The highest BCUT2D eigenvalue weighted by molar-refractivity contribution is 6.12. The molecule has 280 valence electrons. The van der Waals surface area contributed by atoms with Gasteiger partial charge >= 0.3 is 0 Å². The van der Waals surface area contributed by atoms with E-state index in [4.69, 9.17) is 4.42 Å². The molecule has 0 aliphatic rings. The zero-order chi connectivity index (χ0) is 39.3. The van der Waals surface area contributed by atoms with E-state index in [1.165, 1.54) is 43.4 Å². The Balaban J connectivity index is 1.15. The van der Waals surface area contributed by atoms with Gasteiger partial charge in [-0.05, 0) is 129 Å². The van der Waals surface area contributed by atoms with Crippen LogP contribution < -0.4 is 0 Å². The summed E-state index contributed by atoms with van der Waals surface area (Å²) in [4.78, 5) is 0. The van der Waals surface area contributed by atoms with E-state index in [9.17, 15) is 0 Å². The lowest BCUT2D eigenvalue weighted by molar-refractivity contribution is 0.668. The largest absolute Gasteiger partial charge is 0.456 e. The predicted octanol–water partition coefficient (Wildman–Crippen LogP) is 15.2. The summed E-state index contributed by atoms with van der Waals surface area (Å²) in [6.07, 6.45) is 0.